The lowest BCUT2D eigenvalue weighted by Crippen LogP contribution is -2.36. The largest absolute Gasteiger partial charge is 0.507 e. The fraction of sp³-hybridized carbons (Fsp3) is 0.360. The highest BCUT2D eigenvalue weighted by Gasteiger charge is 2.47. The molecule has 0 spiro atoms. The fourth-order valence-corrected chi connectivity index (χ4v) is 4.44. The summed E-state index contributed by atoms with van der Waals surface area (Å²) in [6.45, 7) is 0.762. The molecule has 0 saturated carbocycles. The number of ether oxygens (including phenoxy) is 4. The van der Waals surface area contributed by atoms with E-state index in [-0.39, 0.29) is 35.3 Å². The zero-order valence-corrected chi connectivity index (χ0v) is 19.2. The van der Waals surface area contributed by atoms with Crippen molar-refractivity contribution in [3.63, 3.8) is 0 Å². The number of hydrogen-bond donors (Lipinski definition) is 2. The minimum absolute atomic E-state index is 0.112. The van der Waals surface area contributed by atoms with Crippen LogP contribution in [0.4, 0.5) is 0 Å². The molecule has 2 aromatic rings. The van der Waals surface area contributed by atoms with Crippen LogP contribution in [0.1, 0.15) is 30.0 Å². The maximum absolute atomic E-state index is 13.2. The number of likely N-dealkylation sites (tertiary alicyclic amines) is 1. The number of aliphatic hydroxyl groups is 1. The third kappa shape index (κ3) is 4.14. The number of ketones is 1. The van der Waals surface area contributed by atoms with Crippen molar-refractivity contribution < 1.29 is 38.7 Å². The molecule has 2 unspecified atom stereocenters. The minimum atomic E-state index is -0.947. The Labute approximate surface area is 197 Å². The summed E-state index contributed by atoms with van der Waals surface area (Å²) in [7, 11) is 4.34. The first kappa shape index (κ1) is 23.4. The number of rotatable bonds is 7. The summed E-state index contributed by atoms with van der Waals surface area (Å²) in [4.78, 5) is 27.8. The Hall–Kier alpha value is -3.72. The number of carbonyl (C=O) groups excluding carboxylic acids is 2. The molecule has 2 N–H and O–H groups in total. The van der Waals surface area contributed by atoms with Crippen molar-refractivity contribution in [3.8, 4) is 23.0 Å². The Morgan fingerprint density at radius 1 is 1.06 bits per heavy atom. The number of phenols is 1. The van der Waals surface area contributed by atoms with Crippen LogP contribution in [0.25, 0.3) is 5.76 Å². The monoisotopic (exact) mass is 469 g/mol. The van der Waals surface area contributed by atoms with Crippen molar-refractivity contribution in [1.82, 2.24) is 4.90 Å². The molecule has 9 heteroatoms. The molecule has 2 aliphatic rings. The van der Waals surface area contributed by atoms with Gasteiger partial charge in [-0.15, -0.1) is 0 Å². The Morgan fingerprint density at radius 2 is 1.79 bits per heavy atom. The average molecular weight is 469 g/mol. The second-order valence-corrected chi connectivity index (χ2v) is 8.08. The molecule has 0 aromatic heterocycles. The lowest BCUT2D eigenvalue weighted by Gasteiger charge is -2.27. The molecular weight excluding hydrogens is 442 g/mol. The quantitative estimate of drug-likeness (QED) is 0.361. The average Bonchev–Trinajstić information content (AvgIpc) is 3.45. The number of Topliss-reactive ketones (excluding diaryl/α,β-unsaturated/α-hetero) is 1. The van der Waals surface area contributed by atoms with Gasteiger partial charge in [-0.05, 0) is 48.7 Å². The molecule has 9 nitrogen and oxygen atoms in total. The molecule has 2 fully saturated rings. The maximum Gasteiger partial charge on any atom is 0.295 e. The molecule has 4 rings (SSSR count). The van der Waals surface area contributed by atoms with Crippen LogP contribution >= 0.6 is 0 Å². The first-order chi connectivity index (χ1) is 16.4. The van der Waals surface area contributed by atoms with E-state index >= 15 is 0 Å². The summed E-state index contributed by atoms with van der Waals surface area (Å²) in [5, 5.41) is 21.7. The van der Waals surface area contributed by atoms with E-state index in [0.717, 1.165) is 12.8 Å². The second-order valence-electron chi connectivity index (χ2n) is 8.08. The van der Waals surface area contributed by atoms with Gasteiger partial charge in [-0.1, -0.05) is 6.07 Å². The Morgan fingerprint density at radius 3 is 2.41 bits per heavy atom. The van der Waals surface area contributed by atoms with Crippen LogP contribution in [0.2, 0.25) is 0 Å². The summed E-state index contributed by atoms with van der Waals surface area (Å²) < 4.78 is 21.5. The Balaban J connectivity index is 1.89. The predicted molar refractivity (Wildman–Crippen MR) is 122 cm³/mol. The molecule has 2 atom stereocenters. The molecule has 1 amide bonds. The molecule has 34 heavy (non-hydrogen) atoms. The second kappa shape index (κ2) is 9.64. The topological polar surface area (TPSA) is 115 Å². The van der Waals surface area contributed by atoms with Gasteiger partial charge in [-0.3, -0.25) is 9.59 Å². The highest BCUT2D eigenvalue weighted by Crippen LogP contribution is 2.43. The van der Waals surface area contributed by atoms with Gasteiger partial charge in [-0.2, -0.15) is 0 Å². The molecular formula is C25H27NO8. The zero-order chi connectivity index (χ0) is 24.4. The molecule has 0 aliphatic carbocycles. The zero-order valence-electron chi connectivity index (χ0n) is 19.2. The smallest absolute Gasteiger partial charge is 0.295 e. The van der Waals surface area contributed by atoms with E-state index < -0.39 is 23.5 Å². The lowest BCUT2D eigenvalue weighted by atomic mass is 9.94. The van der Waals surface area contributed by atoms with Gasteiger partial charge in [0.05, 0.1) is 44.6 Å². The number of benzene rings is 2. The lowest BCUT2D eigenvalue weighted by molar-refractivity contribution is -0.140. The minimum Gasteiger partial charge on any atom is -0.507 e. The van der Waals surface area contributed by atoms with E-state index in [4.69, 9.17) is 18.9 Å². The van der Waals surface area contributed by atoms with E-state index in [1.165, 1.54) is 38.4 Å². The number of methoxy groups -OCH3 is 3. The highest BCUT2D eigenvalue weighted by atomic mass is 16.5. The Kier molecular flexibility index (Phi) is 6.65. The predicted octanol–water partition coefficient (Wildman–Crippen LogP) is 3.02. The van der Waals surface area contributed by atoms with Crippen molar-refractivity contribution in [1.29, 1.82) is 0 Å². The molecule has 2 saturated heterocycles. The van der Waals surface area contributed by atoms with Crippen LogP contribution < -0.4 is 14.2 Å². The van der Waals surface area contributed by atoms with Crippen molar-refractivity contribution >= 4 is 17.4 Å². The van der Waals surface area contributed by atoms with E-state index in [1.54, 1.807) is 24.3 Å². The van der Waals surface area contributed by atoms with Gasteiger partial charge in [0, 0.05) is 13.2 Å². The van der Waals surface area contributed by atoms with Crippen molar-refractivity contribution in [2.24, 2.45) is 0 Å². The molecule has 2 aromatic carbocycles. The van der Waals surface area contributed by atoms with Crippen molar-refractivity contribution in [2.75, 3.05) is 34.5 Å². The van der Waals surface area contributed by atoms with E-state index in [0.29, 0.717) is 23.7 Å². The van der Waals surface area contributed by atoms with Crippen LogP contribution in [-0.4, -0.2) is 67.4 Å². The number of amides is 1. The molecule has 180 valence electrons. The van der Waals surface area contributed by atoms with Crippen molar-refractivity contribution in [2.45, 2.75) is 25.0 Å². The van der Waals surface area contributed by atoms with Crippen LogP contribution in [0.3, 0.4) is 0 Å². The van der Waals surface area contributed by atoms with Crippen molar-refractivity contribution in [3.05, 3.63) is 53.1 Å². The number of aromatic hydroxyl groups is 1. The third-order valence-corrected chi connectivity index (χ3v) is 6.14. The van der Waals surface area contributed by atoms with Gasteiger partial charge in [0.25, 0.3) is 11.7 Å². The summed E-state index contributed by atoms with van der Waals surface area (Å²) in [6, 6.07) is 8.46. The summed E-state index contributed by atoms with van der Waals surface area (Å²) in [5.74, 6) is -1.14. The highest BCUT2D eigenvalue weighted by molar-refractivity contribution is 6.46. The standard InChI is InChI=1S/C25H27NO8/c1-31-15-7-9-19(32-2)17(12-15)23(28)21-22(14-6-8-20(33-3)18(27)11-14)26(25(30)24(21)29)13-16-5-4-10-34-16/h6-9,11-12,16,22,27-28H,4-5,10,13H2,1-3H3/b23-21+. The van der Waals surface area contributed by atoms with Gasteiger partial charge in [0.2, 0.25) is 0 Å². The van der Waals surface area contributed by atoms with E-state index in [2.05, 4.69) is 0 Å². The van der Waals surface area contributed by atoms with Gasteiger partial charge >= 0.3 is 0 Å². The van der Waals surface area contributed by atoms with Crippen LogP contribution in [0.5, 0.6) is 23.0 Å². The van der Waals surface area contributed by atoms with E-state index in [1.807, 2.05) is 0 Å². The number of aliphatic hydroxyl groups excluding tert-OH is 1. The molecule has 0 radical (unpaired) electrons. The number of nitrogens with zero attached hydrogens (tertiary/aromatic N) is 1. The normalized spacial score (nSPS) is 21.7. The van der Waals surface area contributed by atoms with Gasteiger partial charge in [0.15, 0.2) is 11.5 Å². The number of phenolic OH excluding ortho intramolecular Hbond substituents is 1. The summed E-state index contributed by atoms with van der Waals surface area (Å²) in [6.07, 6.45) is 1.40. The summed E-state index contributed by atoms with van der Waals surface area (Å²) >= 11 is 0. The van der Waals surface area contributed by atoms with Crippen LogP contribution in [-0.2, 0) is 14.3 Å². The third-order valence-electron chi connectivity index (χ3n) is 6.14. The molecule has 2 heterocycles. The van der Waals surface area contributed by atoms with E-state index in [9.17, 15) is 19.8 Å². The SMILES string of the molecule is COc1ccc(OC)c(/C(O)=C2\C(=O)C(=O)N(CC3CCCO3)C2c2ccc(OC)c(O)c2)c1. The van der Waals surface area contributed by atoms with Gasteiger partial charge in [0.1, 0.15) is 17.3 Å². The first-order valence-electron chi connectivity index (χ1n) is 10.9. The van der Waals surface area contributed by atoms with Crippen LogP contribution in [0, 0.1) is 0 Å². The Bertz CT molecular complexity index is 1140. The van der Waals surface area contributed by atoms with Gasteiger partial charge in [-0.25, -0.2) is 0 Å². The summed E-state index contributed by atoms with van der Waals surface area (Å²) in [5.41, 5.74) is 0.540. The fourth-order valence-electron chi connectivity index (χ4n) is 4.44. The number of hydrogen-bond acceptors (Lipinski definition) is 8. The molecule has 0 bridgehead atoms. The van der Waals surface area contributed by atoms with Gasteiger partial charge < -0.3 is 34.1 Å². The molecule has 2 aliphatic heterocycles. The number of carbonyl (C=O) groups is 2. The van der Waals surface area contributed by atoms with Crippen LogP contribution in [0.15, 0.2) is 42.0 Å². The maximum atomic E-state index is 13.2. The first-order valence-corrected chi connectivity index (χ1v) is 10.9.